The number of fused-ring (bicyclic) bond motifs is 1. The van der Waals surface area contributed by atoms with Crippen LogP contribution in [0.2, 0.25) is 0 Å². The van der Waals surface area contributed by atoms with Crippen LogP contribution in [0.5, 0.6) is 0 Å². The summed E-state index contributed by atoms with van der Waals surface area (Å²) in [5.74, 6) is 0.706. The van der Waals surface area contributed by atoms with Gasteiger partial charge >= 0.3 is 0 Å². The van der Waals surface area contributed by atoms with E-state index in [4.69, 9.17) is 11.1 Å². The Hall–Kier alpha value is -0.770. The van der Waals surface area contributed by atoms with Crippen molar-refractivity contribution in [2.45, 2.75) is 25.7 Å². The van der Waals surface area contributed by atoms with E-state index in [2.05, 4.69) is 0 Å². The van der Waals surface area contributed by atoms with Crippen molar-refractivity contribution in [3.05, 3.63) is 0 Å². The molecule has 0 amide bonds. The predicted molar refractivity (Wildman–Crippen MR) is 55.0 cm³/mol. The molecule has 2 aliphatic rings. The Bertz CT molecular complexity index is 244. The summed E-state index contributed by atoms with van der Waals surface area (Å²) in [7, 11) is 0. The molecule has 1 aliphatic heterocycles. The highest BCUT2D eigenvalue weighted by atomic mass is 16.3. The van der Waals surface area contributed by atoms with E-state index in [0.29, 0.717) is 5.92 Å². The van der Waals surface area contributed by atoms with E-state index < -0.39 is 0 Å². The van der Waals surface area contributed by atoms with Gasteiger partial charge in [0.25, 0.3) is 0 Å². The highest BCUT2D eigenvalue weighted by molar-refractivity contribution is 5.75. The Balaban J connectivity index is 2.14. The normalized spacial score (nSPS) is 36.9. The van der Waals surface area contributed by atoms with Gasteiger partial charge in [-0.3, -0.25) is 5.41 Å². The van der Waals surface area contributed by atoms with Crippen molar-refractivity contribution in [1.29, 1.82) is 5.41 Å². The molecule has 0 spiro atoms. The quantitative estimate of drug-likeness (QED) is 0.420. The molecular formula is C10H19N3O. The first-order valence-electron chi connectivity index (χ1n) is 5.38. The van der Waals surface area contributed by atoms with Crippen molar-refractivity contribution in [2.24, 2.45) is 17.1 Å². The first-order chi connectivity index (χ1) is 6.68. The fourth-order valence-corrected chi connectivity index (χ4v) is 3.02. The van der Waals surface area contributed by atoms with Crippen LogP contribution in [0.15, 0.2) is 0 Å². The Morgan fingerprint density at radius 1 is 1.57 bits per heavy atom. The van der Waals surface area contributed by atoms with E-state index in [1.165, 1.54) is 19.3 Å². The lowest BCUT2D eigenvalue weighted by molar-refractivity contribution is 0.0602. The summed E-state index contributed by atoms with van der Waals surface area (Å²) >= 11 is 0. The van der Waals surface area contributed by atoms with E-state index in [0.717, 1.165) is 19.5 Å². The van der Waals surface area contributed by atoms with Crippen LogP contribution in [0.25, 0.3) is 0 Å². The van der Waals surface area contributed by atoms with E-state index in [1.807, 2.05) is 4.90 Å². The number of hydrogen-bond donors (Lipinski definition) is 3. The summed E-state index contributed by atoms with van der Waals surface area (Å²) in [6.07, 6.45) is 4.75. The summed E-state index contributed by atoms with van der Waals surface area (Å²) in [5.41, 5.74) is 5.54. The van der Waals surface area contributed by atoms with Crippen molar-refractivity contribution in [3.8, 4) is 0 Å². The summed E-state index contributed by atoms with van der Waals surface area (Å²) in [5, 5.41) is 16.9. The third kappa shape index (κ3) is 1.38. The minimum Gasteiger partial charge on any atom is -0.396 e. The standard InChI is InChI=1S/C10H19N3O/c11-9(12)13-5-8-3-1-2-4-10(8,6-13)7-14/h8,14H,1-7H2,(H3,11,12)/t8-,10+/m0/s1. The molecule has 1 saturated heterocycles. The molecule has 0 unspecified atom stereocenters. The number of likely N-dealkylation sites (tertiary alicyclic amines) is 1. The molecule has 0 bridgehead atoms. The SMILES string of the molecule is N=C(N)N1C[C@@H]2CCCC[C@]2(CO)C1. The van der Waals surface area contributed by atoms with Gasteiger partial charge in [-0.2, -0.15) is 0 Å². The monoisotopic (exact) mass is 197 g/mol. The lowest BCUT2D eigenvalue weighted by Gasteiger charge is -2.36. The third-order valence-electron chi connectivity index (χ3n) is 3.95. The molecule has 80 valence electrons. The van der Waals surface area contributed by atoms with Crippen molar-refractivity contribution in [2.75, 3.05) is 19.7 Å². The minimum atomic E-state index is 0.0456. The van der Waals surface area contributed by atoms with Gasteiger partial charge in [-0.25, -0.2) is 0 Å². The fourth-order valence-electron chi connectivity index (χ4n) is 3.02. The smallest absolute Gasteiger partial charge is 0.188 e. The van der Waals surface area contributed by atoms with Gasteiger partial charge in [-0.15, -0.1) is 0 Å². The third-order valence-corrected chi connectivity index (χ3v) is 3.95. The lowest BCUT2D eigenvalue weighted by atomic mass is 9.69. The average molecular weight is 197 g/mol. The Labute approximate surface area is 84.6 Å². The molecule has 1 aliphatic carbocycles. The first-order valence-corrected chi connectivity index (χ1v) is 5.38. The molecule has 2 rings (SSSR count). The van der Waals surface area contributed by atoms with Gasteiger partial charge in [-0.05, 0) is 18.8 Å². The molecule has 4 nitrogen and oxygen atoms in total. The van der Waals surface area contributed by atoms with Crippen LogP contribution in [0.4, 0.5) is 0 Å². The topological polar surface area (TPSA) is 73.3 Å². The second-order valence-corrected chi connectivity index (χ2v) is 4.73. The maximum atomic E-state index is 9.51. The zero-order valence-electron chi connectivity index (χ0n) is 8.50. The van der Waals surface area contributed by atoms with Crippen LogP contribution in [0, 0.1) is 16.7 Å². The molecule has 1 saturated carbocycles. The van der Waals surface area contributed by atoms with E-state index >= 15 is 0 Å². The molecule has 0 aromatic heterocycles. The summed E-state index contributed by atoms with van der Waals surface area (Å²) in [6.45, 7) is 1.90. The molecule has 4 heteroatoms. The number of guanidine groups is 1. The van der Waals surface area contributed by atoms with E-state index in [1.54, 1.807) is 0 Å². The summed E-state index contributed by atoms with van der Waals surface area (Å²) in [4.78, 5) is 1.91. The molecule has 14 heavy (non-hydrogen) atoms. The predicted octanol–water partition coefficient (Wildman–Crippen LogP) is 0.364. The first kappa shape index (κ1) is 9.77. The molecule has 4 N–H and O–H groups in total. The summed E-state index contributed by atoms with van der Waals surface area (Å²) in [6, 6.07) is 0. The van der Waals surface area contributed by atoms with Crippen molar-refractivity contribution in [1.82, 2.24) is 4.90 Å². The Morgan fingerprint density at radius 2 is 2.36 bits per heavy atom. The second kappa shape index (κ2) is 3.42. The van der Waals surface area contributed by atoms with Gasteiger partial charge in [0.15, 0.2) is 5.96 Å². The lowest BCUT2D eigenvalue weighted by Crippen LogP contribution is -2.39. The number of rotatable bonds is 1. The van der Waals surface area contributed by atoms with Gasteiger partial charge in [0.05, 0.1) is 6.61 Å². The number of aliphatic hydroxyl groups excluding tert-OH is 1. The van der Waals surface area contributed by atoms with Crippen molar-refractivity contribution >= 4 is 5.96 Å². The van der Waals surface area contributed by atoms with Gasteiger partial charge in [0.1, 0.15) is 0 Å². The molecule has 2 fully saturated rings. The Morgan fingerprint density at radius 3 is 2.93 bits per heavy atom. The zero-order valence-corrected chi connectivity index (χ0v) is 8.50. The second-order valence-electron chi connectivity index (χ2n) is 4.73. The van der Waals surface area contributed by atoms with Crippen LogP contribution in [0.1, 0.15) is 25.7 Å². The van der Waals surface area contributed by atoms with Gasteiger partial charge in [0.2, 0.25) is 0 Å². The van der Waals surface area contributed by atoms with E-state index in [-0.39, 0.29) is 18.0 Å². The number of hydrogen-bond acceptors (Lipinski definition) is 2. The minimum absolute atomic E-state index is 0.0456. The highest BCUT2D eigenvalue weighted by Crippen LogP contribution is 2.46. The highest BCUT2D eigenvalue weighted by Gasteiger charge is 2.47. The molecule has 2 atom stereocenters. The molecule has 0 radical (unpaired) electrons. The number of nitrogens with zero attached hydrogens (tertiary/aromatic N) is 1. The van der Waals surface area contributed by atoms with E-state index in [9.17, 15) is 5.11 Å². The molecule has 0 aromatic carbocycles. The zero-order chi connectivity index (χ0) is 10.2. The molecular weight excluding hydrogens is 178 g/mol. The van der Waals surface area contributed by atoms with Crippen LogP contribution in [-0.4, -0.2) is 35.7 Å². The van der Waals surface area contributed by atoms with Crippen LogP contribution in [0.3, 0.4) is 0 Å². The maximum Gasteiger partial charge on any atom is 0.188 e. The maximum absolute atomic E-state index is 9.51. The molecule has 1 heterocycles. The van der Waals surface area contributed by atoms with Crippen LogP contribution >= 0.6 is 0 Å². The number of nitrogens with two attached hydrogens (primary N) is 1. The number of aliphatic hydroxyl groups is 1. The van der Waals surface area contributed by atoms with Crippen LogP contribution in [-0.2, 0) is 0 Å². The average Bonchev–Trinajstić information content (AvgIpc) is 2.57. The van der Waals surface area contributed by atoms with Gasteiger partial charge in [-0.1, -0.05) is 12.8 Å². The largest absolute Gasteiger partial charge is 0.396 e. The van der Waals surface area contributed by atoms with Gasteiger partial charge in [0, 0.05) is 18.5 Å². The molecule has 0 aromatic rings. The Kier molecular flexibility index (Phi) is 2.39. The van der Waals surface area contributed by atoms with Gasteiger partial charge < -0.3 is 15.7 Å². The fraction of sp³-hybridized carbons (Fsp3) is 0.900. The van der Waals surface area contributed by atoms with Crippen molar-refractivity contribution < 1.29 is 5.11 Å². The summed E-state index contributed by atoms with van der Waals surface area (Å²) < 4.78 is 0. The van der Waals surface area contributed by atoms with Crippen LogP contribution < -0.4 is 5.73 Å². The number of nitrogens with one attached hydrogen (secondary N) is 1. The van der Waals surface area contributed by atoms with Crippen molar-refractivity contribution in [3.63, 3.8) is 0 Å².